The number of thiophene rings is 1. The number of rotatable bonds is 8. The van der Waals surface area contributed by atoms with Crippen molar-refractivity contribution in [3.05, 3.63) is 236 Å². The van der Waals surface area contributed by atoms with Crippen molar-refractivity contribution in [3.8, 4) is 55.6 Å². The molecule has 0 bridgehead atoms. The van der Waals surface area contributed by atoms with E-state index in [9.17, 15) is 0 Å². The summed E-state index contributed by atoms with van der Waals surface area (Å²) in [6.07, 6.45) is 0. The Balaban J connectivity index is 1.03. The van der Waals surface area contributed by atoms with Crippen LogP contribution in [0.2, 0.25) is 0 Å². The van der Waals surface area contributed by atoms with E-state index in [2.05, 4.69) is 242 Å². The summed E-state index contributed by atoms with van der Waals surface area (Å²) in [4.78, 5) is 2.40. The molecule has 0 saturated carbocycles. The van der Waals surface area contributed by atoms with Crippen LogP contribution in [0.5, 0.6) is 0 Å². The summed E-state index contributed by atoms with van der Waals surface area (Å²) >= 11 is 1.87. The summed E-state index contributed by atoms with van der Waals surface area (Å²) in [5.41, 5.74) is 16.7. The first-order valence-corrected chi connectivity index (χ1v) is 21.7. The molecule has 288 valence electrons. The van der Waals surface area contributed by atoms with Crippen molar-refractivity contribution in [2.24, 2.45) is 0 Å². The van der Waals surface area contributed by atoms with Crippen LogP contribution in [0.1, 0.15) is 5.56 Å². The van der Waals surface area contributed by atoms with Crippen LogP contribution in [-0.4, -0.2) is 0 Å². The van der Waals surface area contributed by atoms with Gasteiger partial charge in [0.25, 0.3) is 0 Å². The zero-order chi connectivity index (χ0) is 40.7. The van der Waals surface area contributed by atoms with Crippen molar-refractivity contribution in [1.82, 2.24) is 0 Å². The Kier molecular flexibility index (Phi) is 9.34. The molecular formula is C59H41NS. The standard InChI is InChI=1S/C59H41NS/c1-40-14-13-23-56-58(40)55-35-33-52(39-57(55)61-56)60(51-31-26-45(27-32-51)54-34-28-44-19-11-12-22-53(44)59(54)46-20-9-4-10-21-46)50-29-24-43(25-30-50)49-37-47(41-15-5-2-6-16-41)36-48(38-49)42-17-7-3-8-18-42/h2-39H,1H3. The molecule has 61 heavy (non-hydrogen) atoms. The molecular weight excluding hydrogens is 755 g/mol. The molecule has 0 atom stereocenters. The average Bonchev–Trinajstić information content (AvgIpc) is 3.72. The second-order valence-corrected chi connectivity index (χ2v) is 16.8. The molecule has 0 aliphatic carbocycles. The first kappa shape index (κ1) is 36.6. The topological polar surface area (TPSA) is 3.24 Å². The summed E-state index contributed by atoms with van der Waals surface area (Å²) in [5.74, 6) is 0. The lowest BCUT2D eigenvalue weighted by Gasteiger charge is -2.26. The van der Waals surface area contributed by atoms with E-state index in [0.29, 0.717) is 0 Å². The van der Waals surface area contributed by atoms with Gasteiger partial charge in [0.15, 0.2) is 0 Å². The van der Waals surface area contributed by atoms with Crippen LogP contribution in [-0.2, 0) is 0 Å². The molecule has 11 aromatic rings. The predicted molar refractivity (Wildman–Crippen MR) is 263 cm³/mol. The average molecular weight is 796 g/mol. The highest BCUT2D eigenvalue weighted by Crippen LogP contribution is 2.44. The SMILES string of the molecule is Cc1cccc2sc3cc(N(c4ccc(-c5cc(-c6ccccc6)cc(-c6ccccc6)c5)cc4)c4ccc(-c5ccc6ccccc6c5-c5ccccc5)cc4)ccc3c12. The molecule has 10 aromatic carbocycles. The van der Waals surface area contributed by atoms with Gasteiger partial charge in [-0.05, 0) is 140 Å². The Morgan fingerprint density at radius 3 is 1.48 bits per heavy atom. The summed E-state index contributed by atoms with van der Waals surface area (Å²) < 4.78 is 2.61. The van der Waals surface area contributed by atoms with E-state index >= 15 is 0 Å². The maximum absolute atomic E-state index is 2.40. The van der Waals surface area contributed by atoms with E-state index in [1.165, 1.54) is 92.1 Å². The van der Waals surface area contributed by atoms with Crippen LogP contribution in [0.3, 0.4) is 0 Å². The molecule has 1 nitrogen and oxygen atoms in total. The Bertz CT molecular complexity index is 3270. The fraction of sp³-hybridized carbons (Fsp3) is 0.0169. The number of anilines is 3. The molecule has 0 spiro atoms. The van der Waals surface area contributed by atoms with Gasteiger partial charge < -0.3 is 4.90 Å². The van der Waals surface area contributed by atoms with Crippen molar-refractivity contribution in [2.75, 3.05) is 4.90 Å². The monoisotopic (exact) mass is 795 g/mol. The van der Waals surface area contributed by atoms with Crippen molar-refractivity contribution < 1.29 is 0 Å². The number of fused-ring (bicyclic) bond motifs is 4. The minimum absolute atomic E-state index is 1.10. The van der Waals surface area contributed by atoms with Crippen molar-refractivity contribution in [1.29, 1.82) is 0 Å². The molecule has 0 radical (unpaired) electrons. The third kappa shape index (κ3) is 6.87. The highest BCUT2D eigenvalue weighted by Gasteiger charge is 2.18. The van der Waals surface area contributed by atoms with Crippen LogP contribution in [0, 0.1) is 6.92 Å². The lowest BCUT2D eigenvalue weighted by atomic mass is 9.90. The highest BCUT2D eigenvalue weighted by molar-refractivity contribution is 7.25. The predicted octanol–water partition coefficient (Wildman–Crippen LogP) is 17.3. The van der Waals surface area contributed by atoms with E-state index in [-0.39, 0.29) is 0 Å². The van der Waals surface area contributed by atoms with Gasteiger partial charge >= 0.3 is 0 Å². The Morgan fingerprint density at radius 1 is 0.328 bits per heavy atom. The second-order valence-electron chi connectivity index (χ2n) is 15.8. The lowest BCUT2D eigenvalue weighted by molar-refractivity contribution is 1.29. The zero-order valence-electron chi connectivity index (χ0n) is 33.8. The van der Waals surface area contributed by atoms with Gasteiger partial charge in [-0.25, -0.2) is 0 Å². The van der Waals surface area contributed by atoms with E-state index in [1.807, 2.05) is 11.3 Å². The maximum atomic E-state index is 2.40. The number of aryl methyl sites for hydroxylation is 1. The molecule has 0 aliphatic heterocycles. The number of nitrogens with zero attached hydrogens (tertiary/aromatic N) is 1. The van der Waals surface area contributed by atoms with Crippen molar-refractivity contribution in [2.45, 2.75) is 6.92 Å². The third-order valence-corrected chi connectivity index (χ3v) is 13.1. The molecule has 1 heterocycles. The van der Waals surface area contributed by atoms with E-state index in [1.54, 1.807) is 0 Å². The molecule has 0 unspecified atom stereocenters. The molecule has 1 aromatic heterocycles. The first-order chi connectivity index (χ1) is 30.1. The van der Waals surface area contributed by atoms with Gasteiger partial charge in [0.05, 0.1) is 0 Å². The summed E-state index contributed by atoms with van der Waals surface area (Å²) in [7, 11) is 0. The van der Waals surface area contributed by atoms with Gasteiger partial charge in [-0.3, -0.25) is 0 Å². The van der Waals surface area contributed by atoms with E-state index in [0.717, 1.165) is 17.1 Å². The number of hydrogen-bond donors (Lipinski definition) is 0. The fourth-order valence-electron chi connectivity index (χ4n) is 8.99. The van der Waals surface area contributed by atoms with Crippen LogP contribution in [0.15, 0.2) is 231 Å². The van der Waals surface area contributed by atoms with Gasteiger partial charge in [-0.2, -0.15) is 0 Å². The van der Waals surface area contributed by atoms with Gasteiger partial charge in [-0.15, -0.1) is 11.3 Å². The van der Waals surface area contributed by atoms with Crippen molar-refractivity contribution >= 4 is 59.3 Å². The largest absolute Gasteiger partial charge is 0.310 e. The molecule has 0 amide bonds. The second kappa shape index (κ2) is 15.6. The Labute approximate surface area is 361 Å². The third-order valence-electron chi connectivity index (χ3n) is 12.0. The van der Waals surface area contributed by atoms with Gasteiger partial charge in [0.2, 0.25) is 0 Å². The Hall–Kier alpha value is -7.52. The summed E-state index contributed by atoms with van der Waals surface area (Å²) in [6.45, 7) is 2.22. The Morgan fingerprint density at radius 2 is 0.852 bits per heavy atom. The zero-order valence-corrected chi connectivity index (χ0v) is 34.6. The number of benzene rings is 10. The quantitative estimate of drug-likeness (QED) is 0.148. The normalized spacial score (nSPS) is 11.4. The van der Waals surface area contributed by atoms with E-state index < -0.39 is 0 Å². The van der Waals surface area contributed by atoms with Gasteiger partial charge in [-0.1, -0.05) is 170 Å². The summed E-state index contributed by atoms with van der Waals surface area (Å²) in [6, 6.07) is 84.2. The van der Waals surface area contributed by atoms with Crippen molar-refractivity contribution in [3.63, 3.8) is 0 Å². The molecule has 0 saturated heterocycles. The van der Waals surface area contributed by atoms with Gasteiger partial charge in [0.1, 0.15) is 0 Å². The molecule has 0 fully saturated rings. The molecule has 11 rings (SSSR count). The number of hydrogen-bond acceptors (Lipinski definition) is 2. The van der Waals surface area contributed by atoms with E-state index in [4.69, 9.17) is 0 Å². The minimum Gasteiger partial charge on any atom is -0.310 e. The van der Waals surface area contributed by atoms with Crippen LogP contribution >= 0.6 is 11.3 Å². The first-order valence-electron chi connectivity index (χ1n) is 20.9. The maximum Gasteiger partial charge on any atom is 0.0476 e. The highest BCUT2D eigenvalue weighted by atomic mass is 32.1. The lowest BCUT2D eigenvalue weighted by Crippen LogP contribution is -2.09. The minimum atomic E-state index is 1.10. The smallest absolute Gasteiger partial charge is 0.0476 e. The molecule has 2 heteroatoms. The molecule has 0 N–H and O–H groups in total. The van der Waals surface area contributed by atoms with Crippen LogP contribution in [0.4, 0.5) is 17.1 Å². The van der Waals surface area contributed by atoms with Crippen LogP contribution in [0.25, 0.3) is 86.6 Å². The van der Waals surface area contributed by atoms with Gasteiger partial charge in [0, 0.05) is 37.2 Å². The summed E-state index contributed by atoms with van der Waals surface area (Å²) in [5, 5.41) is 5.16. The molecule has 0 aliphatic rings. The fourth-order valence-corrected chi connectivity index (χ4v) is 10.2. The van der Waals surface area contributed by atoms with Crippen LogP contribution < -0.4 is 4.90 Å².